The summed E-state index contributed by atoms with van der Waals surface area (Å²) < 4.78 is 69.9. The lowest BCUT2D eigenvalue weighted by molar-refractivity contribution is -0.130. The molecule has 0 amide bonds. The zero-order valence-corrected chi connectivity index (χ0v) is 14.7. The number of hydrogen-bond donors (Lipinski definition) is 0. The van der Waals surface area contributed by atoms with Crippen molar-refractivity contribution < 1.29 is 26.3 Å². The number of benzene rings is 1. The first kappa shape index (κ1) is 20.1. The highest BCUT2D eigenvalue weighted by Gasteiger charge is 2.42. The van der Waals surface area contributed by atoms with E-state index in [1.807, 2.05) is 0 Å². The summed E-state index contributed by atoms with van der Waals surface area (Å²) in [4.78, 5) is -1.34. The van der Waals surface area contributed by atoms with Crippen molar-refractivity contribution in [2.75, 3.05) is 6.61 Å². The maximum absolute atomic E-state index is 13.3. The van der Waals surface area contributed by atoms with Crippen molar-refractivity contribution in [3.8, 4) is 11.8 Å². The molecule has 0 unspecified atom stereocenters. The minimum atomic E-state index is -4.97. The molecule has 1 aromatic carbocycles. The summed E-state index contributed by atoms with van der Waals surface area (Å²) in [5, 5.41) is 0. The quantitative estimate of drug-likeness (QED) is 0.593. The van der Waals surface area contributed by atoms with Crippen LogP contribution in [0, 0.1) is 17.3 Å². The minimum Gasteiger partial charge on any atom is -0.488 e. The summed E-state index contributed by atoms with van der Waals surface area (Å²) in [5.74, 6) is 3.14. The van der Waals surface area contributed by atoms with Crippen LogP contribution in [0.1, 0.15) is 27.7 Å². The van der Waals surface area contributed by atoms with Gasteiger partial charge in [0.15, 0.2) is 4.91 Å². The molecule has 0 fully saturated rings. The Morgan fingerprint density at radius 2 is 1.67 bits per heavy atom. The van der Waals surface area contributed by atoms with Crippen LogP contribution in [0.5, 0.6) is 0 Å². The van der Waals surface area contributed by atoms with Crippen molar-refractivity contribution in [3.63, 3.8) is 0 Å². The first-order valence-electron chi connectivity index (χ1n) is 7.17. The third-order valence-electron chi connectivity index (χ3n) is 2.63. The Bertz CT molecular complexity index is 759. The van der Waals surface area contributed by atoms with Gasteiger partial charge in [0.2, 0.25) is 15.6 Å². The van der Waals surface area contributed by atoms with Crippen molar-refractivity contribution in [1.82, 2.24) is 0 Å². The lowest BCUT2D eigenvalue weighted by Gasteiger charge is -2.16. The number of sulfone groups is 1. The third kappa shape index (κ3) is 5.31. The van der Waals surface area contributed by atoms with Gasteiger partial charge in [-0.1, -0.05) is 24.1 Å². The summed E-state index contributed by atoms with van der Waals surface area (Å²) in [7, 11) is -4.47. The van der Waals surface area contributed by atoms with E-state index in [1.165, 1.54) is 31.2 Å². The highest BCUT2D eigenvalue weighted by molar-refractivity contribution is 7.95. The lowest BCUT2D eigenvalue weighted by atomic mass is 9.98. The smallest absolute Gasteiger partial charge is 0.451 e. The van der Waals surface area contributed by atoms with E-state index in [9.17, 15) is 21.6 Å². The van der Waals surface area contributed by atoms with Gasteiger partial charge in [-0.15, -0.1) is 0 Å². The van der Waals surface area contributed by atoms with Crippen LogP contribution in [0.15, 0.2) is 45.9 Å². The fourth-order valence-corrected chi connectivity index (χ4v) is 2.98. The summed E-state index contributed by atoms with van der Waals surface area (Å²) in [6.07, 6.45) is -4.97. The SMILES string of the molecule is CCO/C(=C(\C#CC(C)(C)C)S(=O)(=O)c1ccccc1)C(F)(F)F. The molecule has 0 radical (unpaired) electrons. The molecule has 0 aliphatic heterocycles. The van der Waals surface area contributed by atoms with E-state index < -0.39 is 32.1 Å². The van der Waals surface area contributed by atoms with E-state index in [0.717, 1.165) is 0 Å². The van der Waals surface area contributed by atoms with Gasteiger partial charge in [-0.05, 0) is 45.7 Å². The molecule has 0 saturated carbocycles. The summed E-state index contributed by atoms with van der Waals surface area (Å²) in [6, 6.07) is 6.85. The molecule has 0 atom stereocenters. The Kier molecular flexibility index (Phi) is 6.12. The molecule has 7 heteroatoms. The number of ether oxygens (including phenoxy) is 1. The first-order chi connectivity index (χ1) is 10.9. The summed E-state index contributed by atoms with van der Waals surface area (Å²) in [5.41, 5.74) is -0.680. The van der Waals surface area contributed by atoms with Gasteiger partial charge in [-0.25, -0.2) is 8.42 Å². The fraction of sp³-hybridized carbons (Fsp3) is 0.412. The van der Waals surface area contributed by atoms with Crippen LogP contribution in [-0.2, 0) is 14.6 Å². The first-order valence-corrected chi connectivity index (χ1v) is 8.65. The summed E-state index contributed by atoms with van der Waals surface area (Å²) >= 11 is 0. The largest absolute Gasteiger partial charge is 0.488 e. The maximum Gasteiger partial charge on any atom is 0.451 e. The van der Waals surface area contributed by atoms with Crippen LogP contribution in [0.25, 0.3) is 0 Å². The molecule has 132 valence electrons. The van der Waals surface area contributed by atoms with Crippen molar-refractivity contribution in [2.45, 2.75) is 38.8 Å². The lowest BCUT2D eigenvalue weighted by Crippen LogP contribution is -2.21. The third-order valence-corrected chi connectivity index (χ3v) is 4.34. The highest BCUT2D eigenvalue weighted by atomic mass is 32.2. The van der Waals surface area contributed by atoms with Gasteiger partial charge in [0.25, 0.3) is 0 Å². The number of hydrogen-bond acceptors (Lipinski definition) is 3. The molecular formula is C17H19F3O3S. The Hall–Kier alpha value is -1.94. The second kappa shape index (κ2) is 7.31. The molecule has 0 N–H and O–H groups in total. The molecule has 0 spiro atoms. The predicted molar refractivity (Wildman–Crippen MR) is 85.6 cm³/mol. The standard InChI is InChI=1S/C17H19F3O3S/c1-5-23-15(17(18,19)20)14(11-12-16(2,3)4)24(21,22)13-9-7-6-8-10-13/h6-10H,5H2,1-4H3/b15-14+. The molecule has 0 heterocycles. The van der Waals surface area contributed by atoms with Gasteiger partial charge in [0, 0.05) is 5.41 Å². The Labute approximate surface area is 140 Å². The van der Waals surface area contributed by atoms with Gasteiger partial charge >= 0.3 is 6.18 Å². The van der Waals surface area contributed by atoms with E-state index in [4.69, 9.17) is 0 Å². The Morgan fingerprint density at radius 3 is 2.08 bits per heavy atom. The van der Waals surface area contributed by atoms with Crippen LogP contribution in [0.4, 0.5) is 13.2 Å². The fourth-order valence-electron chi connectivity index (χ4n) is 1.63. The Morgan fingerprint density at radius 1 is 1.12 bits per heavy atom. The normalized spacial score (nSPS) is 13.6. The van der Waals surface area contributed by atoms with Gasteiger partial charge < -0.3 is 4.74 Å². The van der Waals surface area contributed by atoms with Crippen molar-refractivity contribution in [1.29, 1.82) is 0 Å². The van der Waals surface area contributed by atoms with E-state index in [1.54, 1.807) is 26.8 Å². The van der Waals surface area contributed by atoms with Crippen molar-refractivity contribution in [3.05, 3.63) is 41.0 Å². The second-order valence-corrected chi connectivity index (χ2v) is 7.79. The van der Waals surface area contributed by atoms with E-state index in [-0.39, 0.29) is 11.5 Å². The summed E-state index contributed by atoms with van der Waals surface area (Å²) in [6.45, 7) is 6.01. The zero-order valence-electron chi connectivity index (χ0n) is 13.9. The average Bonchev–Trinajstić information content (AvgIpc) is 2.45. The van der Waals surface area contributed by atoms with E-state index in [0.29, 0.717) is 0 Å². The van der Waals surface area contributed by atoms with Gasteiger partial charge in [0.05, 0.1) is 11.5 Å². The number of rotatable bonds is 4. The predicted octanol–water partition coefficient (Wildman–Crippen LogP) is 4.32. The molecule has 0 aromatic heterocycles. The topological polar surface area (TPSA) is 43.4 Å². The second-order valence-electron chi connectivity index (χ2n) is 5.91. The average molecular weight is 360 g/mol. The number of alkyl halides is 3. The van der Waals surface area contributed by atoms with Crippen LogP contribution >= 0.6 is 0 Å². The molecule has 0 saturated heterocycles. The Balaban J connectivity index is 3.75. The van der Waals surface area contributed by atoms with E-state index >= 15 is 0 Å². The molecule has 0 aliphatic carbocycles. The van der Waals surface area contributed by atoms with Crippen molar-refractivity contribution in [2.24, 2.45) is 5.41 Å². The van der Waals surface area contributed by atoms with Crippen LogP contribution in [0.2, 0.25) is 0 Å². The minimum absolute atomic E-state index is 0.273. The molecule has 3 nitrogen and oxygen atoms in total. The molecule has 24 heavy (non-hydrogen) atoms. The zero-order chi connectivity index (χ0) is 18.6. The van der Waals surface area contributed by atoms with Crippen LogP contribution in [-0.4, -0.2) is 21.2 Å². The molecular weight excluding hydrogens is 341 g/mol. The van der Waals surface area contributed by atoms with Crippen molar-refractivity contribution >= 4 is 9.84 Å². The van der Waals surface area contributed by atoms with Gasteiger partial charge in [0.1, 0.15) is 0 Å². The van der Waals surface area contributed by atoms with Crippen LogP contribution in [0.3, 0.4) is 0 Å². The highest BCUT2D eigenvalue weighted by Crippen LogP contribution is 2.33. The maximum atomic E-state index is 13.3. The number of halogens is 3. The molecule has 1 rings (SSSR count). The van der Waals surface area contributed by atoms with E-state index in [2.05, 4.69) is 16.6 Å². The molecule has 0 aliphatic rings. The monoisotopic (exact) mass is 360 g/mol. The van der Waals surface area contributed by atoms with Crippen LogP contribution < -0.4 is 0 Å². The molecule has 0 bridgehead atoms. The molecule has 1 aromatic rings. The number of allylic oxidation sites excluding steroid dienone is 2. The van der Waals surface area contributed by atoms with Gasteiger partial charge in [-0.2, -0.15) is 13.2 Å². The van der Waals surface area contributed by atoms with Gasteiger partial charge in [-0.3, -0.25) is 0 Å².